The first-order valence-electron chi connectivity index (χ1n) is 6.58. The van der Waals surface area contributed by atoms with Crippen molar-refractivity contribution in [1.82, 2.24) is 0 Å². The van der Waals surface area contributed by atoms with Crippen LogP contribution in [0, 0.1) is 5.92 Å². The fourth-order valence-electron chi connectivity index (χ4n) is 2.15. The highest BCUT2D eigenvalue weighted by molar-refractivity contribution is 5.69. The highest BCUT2D eigenvalue weighted by Crippen LogP contribution is 2.23. The highest BCUT2D eigenvalue weighted by atomic mass is 16.5. The van der Waals surface area contributed by atoms with Gasteiger partial charge in [0.1, 0.15) is 6.10 Å². The van der Waals surface area contributed by atoms with Crippen molar-refractivity contribution in [3.05, 3.63) is 0 Å². The fourth-order valence-corrected chi connectivity index (χ4v) is 2.15. The van der Waals surface area contributed by atoms with Gasteiger partial charge < -0.3 is 15.2 Å². The van der Waals surface area contributed by atoms with Gasteiger partial charge in [0, 0.05) is 20.0 Å². The molecule has 0 aromatic heterocycles. The summed E-state index contributed by atoms with van der Waals surface area (Å²) in [6.45, 7) is 2.68. The molecule has 3 atom stereocenters. The summed E-state index contributed by atoms with van der Waals surface area (Å²) in [4.78, 5) is 11.6. The maximum atomic E-state index is 11.6. The van der Waals surface area contributed by atoms with E-state index >= 15 is 0 Å². The number of rotatable bonds is 6. The summed E-state index contributed by atoms with van der Waals surface area (Å²) >= 11 is 0. The summed E-state index contributed by atoms with van der Waals surface area (Å²) in [7, 11) is 1.72. The normalized spacial score (nSPS) is 26.5. The maximum absolute atomic E-state index is 11.6. The molecule has 1 saturated carbocycles. The molecule has 1 rings (SSSR count). The summed E-state index contributed by atoms with van der Waals surface area (Å²) in [5, 5.41) is 0. The lowest BCUT2D eigenvalue weighted by Crippen LogP contribution is -2.29. The van der Waals surface area contributed by atoms with E-state index in [2.05, 4.69) is 6.92 Å². The van der Waals surface area contributed by atoms with E-state index < -0.39 is 0 Å². The molecule has 1 aliphatic rings. The molecule has 0 bridgehead atoms. The summed E-state index contributed by atoms with van der Waals surface area (Å²) in [6.07, 6.45) is 5.57. The molecule has 1 aliphatic carbocycles. The molecule has 3 unspecified atom stereocenters. The van der Waals surface area contributed by atoms with Gasteiger partial charge in [-0.05, 0) is 38.1 Å². The van der Waals surface area contributed by atoms with Crippen LogP contribution >= 0.6 is 0 Å². The Hall–Kier alpha value is -0.610. The van der Waals surface area contributed by atoms with Crippen molar-refractivity contribution >= 4 is 5.97 Å². The van der Waals surface area contributed by atoms with Gasteiger partial charge in [-0.2, -0.15) is 0 Å². The van der Waals surface area contributed by atoms with Crippen LogP contribution in [0.4, 0.5) is 0 Å². The van der Waals surface area contributed by atoms with Gasteiger partial charge in [0.25, 0.3) is 0 Å². The minimum atomic E-state index is -0.0907. The van der Waals surface area contributed by atoms with Gasteiger partial charge in [-0.25, -0.2) is 0 Å². The Morgan fingerprint density at radius 2 is 2.12 bits per heavy atom. The lowest BCUT2D eigenvalue weighted by molar-refractivity contribution is -0.153. The van der Waals surface area contributed by atoms with Gasteiger partial charge >= 0.3 is 5.97 Å². The average Bonchev–Trinajstić information content (AvgIpc) is 2.36. The molecule has 2 N–H and O–H groups in total. The van der Waals surface area contributed by atoms with E-state index in [1.807, 2.05) is 0 Å². The Bertz CT molecular complexity index is 233. The second-order valence-corrected chi connectivity index (χ2v) is 5.02. The van der Waals surface area contributed by atoms with E-state index in [0.29, 0.717) is 18.9 Å². The van der Waals surface area contributed by atoms with Crippen LogP contribution in [0.1, 0.15) is 45.4 Å². The minimum Gasteiger partial charge on any atom is -0.462 e. The van der Waals surface area contributed by atoms with Gasteiger partial charge in [0.15, 0.2) is 0 Å². The van der Waals surface area contributed by atoms with Crippen LogP contribution in [0.15, 0.2) is 0 Å². The van der Waals surface area contributed by atoms with Crippen molar-refractivity contribution < 1.29 is 14.3 Å². The molecule has 0 radical (unpaired) electrons. The molecule has 0 saturated heterocycles. The zero-order valence-electron chi connectivity index (χ0n) is 11.0. The highest BCUT2D eigenvalue weighted by Gasteiger charge is 2.24. The largest absolute Gasteiger partial charge is 0.462 e. The van der Waals surface area contributed by atoms with Crippen molar-refractivity contribution in [2.24, 2.45) is 11.7 Å². The number of hydrogen-bond acceptors (Lipinski definition) is 4. The van der Waals surface area contributed by atoms with Crippen molar-refractivity contribution in [2.45, 2.75) is 57.7 Å². The molecule has 0 spiro atoms. The number of hydrogen-bond donors (Lipinski definition) is 1. The van der Waals surface area contributed by atoms with Gasteiger partial charge in [-0.15, -0.1) is 0 Å². The third kappa shape index (κ3) is 5.50. The van der Waals surface area contributed by atoms with Crippen LogP contribution in [0.5, 0.6) is 0 Å². The summed E-state index contributed by atoms with van der Waals surface area (Å²) < 4.78 is 10.8. The molecule has 4 heteroatoms. The van der Waals surface area contributed by atoms with E-state index in [9.17, 15) is 4.79 Å². The van der Waals surface area contributed by atoms with Crippen LogP contribution in [-0.4, -0.2) is 31.8 Å². The van der Waals surface area contributed by atoms with E-state index in [-0.39, 0.29) is 18.2 Å². The van der Waals surface area contributed by atoms with Crippen LogP contribution in [0.2, 0.25) is 0 Å². The second-order valence-electron chi connectivity index (χ2n) is 5.02. The van der Waals surface area contributed by atoms with Crippen LogP contribution in [-0.2, 0) is 14.3 Å². The third-order valence-electron chi connectivity index (χ3n) is 3.45. The van der Waals surface area contributed by atoms with Crippen molar-refractivity contribution in [3.8, 4) is 0 Å². The quantitative estimate of drug-likeness (QED) is 0.723. The lowest BCUT2D eigenvalue weighted by Gasteiger charge is -2.28. The van der Waals surface area contributed by atoms with Crippen LogP contribution < -0.4 is 5.73 Å². The van der Waals surface area contributed by atoms with E-state index in [1.165, 1.54) is 0 Å². The number of methoxy groups -OCH3 is 1. The minimum absolute atomic E-state index is 0.0504. The lowest BCUT2D eigenvalue weighted by atomic mass is 9.95. The monoisotopic (exact) mass is 243 g/mol. The van der Waals surface area contributed by atoms with E-state index in [1.54, 1.807) is 7.11 Å². The molecule has 17 heavy (non-hydrogen) atoms. The summed E-state index contributed by atoms with van der Waals surface area (Å²) in [5.41, 5.74) is 5.51. The average molecular weight is 243 g/mol. The van der Waals surface area contributed by atoms with E-state index in [4.69, 9.17) is 15.2 Å². The Kier molecular flexibility index (Phi) is 6.52. The van der Waals surface area contributed by atoms with Crippen molar-refractivity contribution in [2.75, 3.05) is 13.7 Å². The van der Waals surface area contributed by atoms with Crippen molar-refractivity contribution in [3.63, 3.8) is 0 Å². The number of carbonyl (C=O) groups excluding carboxylic acids is 1. The number of esters is 1. The van der Waals surface area contributed by atoms with Gasteiger partial charge in [-0.3, -0.25) is 4.79 Å². The molecule has 4 nitrogen and oxygen atoms in total. The first kappa shape index (κ1) is 14.5. The number of ether oxygens (including phenoxy) is 2. The molecule has 0 aromatic carbocycles. The molecule has 0 heterocycles. The van der Waals surface area contributed by atoms with Crippen molar-refractivity contribution in [1.29, 1.82) is 0 Å². The topological polar surface area (TPSA) is 61.5 Å². The molecular weight excluding hydrogens is 218 g/mol. The molecule has 1 fully saturated rings. The second kappa shape index (κ2) is 7.67. The Labute approximate surface area is 104 Å². The predicted molar refractivity (Wildman–Crippen MR) is 66.6 cm³/mol. The molecule has 0 amide bonds. The SMILES string of the molecule is COC1CCCC(OC(=O)CCC(C)CN)C1. The standard InChI is InChI=1S/C13H25NO3/c1-10(9-14)6-7-13(15)17-12-5-3-4-11(8-12)16-2/h10-12H,3-9,14H2,1-2H3. The van der Waals surface area contributed by atoms with Gasteiger partial charge in [0.05, 0.1) is 6.10 Å². The summed E-state index contributed by atoms with van der Waals surface area (Å²) in [5.74, 6) is 0.299. The Balaban J connectivity index is 2.21. The maximum Gasteiger partial charge on any atom is 0.306 e. The summed E-state index contributed by atoms with van der Waals surface area (Å²) in [6, 6.07) is 0. The Morgan fingerprint density at radius 1 is 1.41 bits per heavy atom. The van der Waals surface area contributed by atoms with Crippen LogP contribution in [0.3, 0.4) is 0 Å². The van der Waals surface area contributed by atoms with E-state index in [0.717, 1.165) is 32.1 Å². The Morgan fingerprint density at radius 3 is 2.76 bits per heavy atom. The smallest absolute Gasteiger partial charge is 0.306 e. The zero-order chi connectivity index (χ0) is 12.7. The first-order chi connectivity index (χ1) is 8.15. The molecular formula is C13H25NO3. The zero-order valence-corrected chi connectivity index (χ0v) is 11.0. The molecule has 0 aromatic rings. The number of nitrogens with two attached hydrogens (primary N) is 1. The van der Waals surface area contributed by atoms with Crippen LogP contribution in [0.25, 0.3) is 0 Å². The molecule has 0 aliphatic heterocycles. The fraction of sp³-hybridized carbons (Fsp3) is 0.923. The molecule has 100 valence electrons. The predicted octanol–water partition coefficient (Wildman–Crippen LogP) is 1.86. The number of carbonyl (C=O) groups is 1. The van der Waals surface area contributed by atoms with Gasteiger partial charge in [0.2, 0.25) is 0 Å². The van der Waals surface area contributed by atoms with Gasteiger partial charge in [-0.1, -0.05) is 6.92 Å². The third-order valence-corrected chi connectivity index (χ3v) is 3.45. The first-order valence-corrected chi connectivity index (χ1v) is 6.58.